The Morgan fingerprint density at radius 1 is 1.57 bits per heavy atom. The summed E-state index contributed by atoms with van der Waals surface area (Å²) >= 11 is 0. The molecule has 0 aromatic heterocycles. The van der Waals surface area contributed by atoms with Gasteiger partial charge in [0.05, 0.1) is 0 Å². The molecule has 0 radical (unpaired) electrons. The molecular weight excluding hydrogens is 202 g/mol. The quantitative estimate of drug-likeness (QED) is 0.356. The third kappa shape index (κ3) is 5.13. The zero-order chi connectivity index (χ0) is 11.0. The van der Waals surface area contributed by atoms with E-state index >= 15 is 0 Å². The predicted octanol–water partition coefficient (Wildman–Crippen LogP) is -0.0973. The van der Waals surface area contributed by atoms with Crippen molar-refractivity contribution in [3.8, 4) is 0 Å². The molecule has 0 rings (SSSR count). The smallest absolute Gasteiger partial charge is 0.390 e. The van der Waals surface area contributed by atoms with Crippen molar-refractivity contribution in [1.82, 2.24) is 5.32 Å². The lowest BCUT2D eigenvalue weighted by Gasteiger charge is -2.19. The molecule has 0 heterocycles. The fourth-order valence-corrected chi connectivity index (χ4v) is 2.08. The Morgan fingerprint density at radius 3 is 2.57 bits per heavy atom. The largest absolute Gasteiger partial charge is 0.497 e. The van der Waals surface area contributed by atoms with Crippen LogP contribution < -0.4 is 5.32 Å². The molecule has 0 saturated heterocycles. The van der Waals surface area contributed by atoms with Gasteiger partial charge in [-0.15, -0.1) is 0 Å². The van der Waals surface area contributed by atoms with Gasteiger partial charge in [-0.05, 0) is 12.5 Å². The molecule has 0 spiro atoms. The van der Waals surface area contributed by atoms with Crippen LogP contribution >= 0.6 is 0 Å². The first-order chi connectivity index (χ1) is 6.58. The molecule has 0 atom stereocenters. The minimum absolute atomic E-state index is 0.218. The first-order valence-electron chi connectivity index (χ1n) is 4.31. The zero-order valence-corrected chi connectivity index (χ0v) is 9.58. The molecule has 0 fully saturated rings. The monoisotopic (exact) mass is 219 g/mol. The molecule has 0 aliphatic carbocycles. The van der Waals surface area contributed by atoms with E-state index in [1.165, 1.54) is 20.3 Å². The molecule has 1 amide bonds. The molecule has 0 unspecified atom stereocenters. The van der Waals surface area contributed by atoms with Crippen LogP contribution in [0.4, 0.5) is 0 Å². The highest BCUT2D eigenvalue weighted by molar-refractivity contribution is 6.59. The van der Waals surface area contributed by atoms with Crippen molar-refractivity contribution in [1.29, 1.82) is 0 Å². The summed E-state index contributed by atoms with van der Waals surface area (Å²) in [6.07, 6.45) is 1.82. The highest BCUT2D eigenvalue weighted by Crippen LogP contribution is 2.09. The topological polar surface area (TPSA) is 67.8 Å². The van der Waals surface area contributed by atoms with Crippen molar-refractivity contribution in [3.63, 3.8) is 0 Å². The molecule has 0 aliphatic rings. The summed E-state index contributed by atoms with van der Waals surface area (Å²) in [6.45, 7) is 3.80. The van der Waals surface area contributed by atoms with Gasteiger partial charge in [0.15, 0.2) is 0 Å². The molecule has 2 N–H and O–H groups in total. The van der Waals surface area contributed by atoms with E-state index < -0.39 is 8.80 Å². The van der Waals surface area contributed by atoms with Crippen LogP contribution in [0.5, 0.6) is 0 Å². The Morgan fingerprint density at radius 2 is 2.14 bits per heavy atom. The number of hydrogen-bond donors (Lipinski definition) is 2. The number of carbonyl (C=O) groups excluding carboxylic acids is 1. The summed E-state index contributed by atoms with van der Waals surface area (Å²) in [6, 6.07) is 0.428. The van der Waals surface area contributed by atoms with E-state index in [0.717, 1.165) is 0 Å². The molecule has 0 aromatic rings. The average Bonchev–Trinajstić information content (AvgIpc) is 2.23. The second-order valence-electron chi connectivity index (χ2n) is 2.72. The van der Waals surface area contributed by atoms with Crippen LogP contribution in [0.25, 0.3) is 0 Å². The van der Waals surface area contributed by atoms with E-state index in [0.29, 0.717) is 19.0 Å². The van der Waals surface area contributed by atoms with Crippen molar-refractivity contribution in [3.05, 3.63) is 12.7 Å². The highest BCUT2D eigenvalue weighted by Gasteiger charge is 2.33. The van der Waals surface area contributed by atoms with E-state index in [4.69, 9.17) is 8.85 Å². The van der Waals surface area contributed by atoms with Crippen LogP contribution in [0.3, 0.4) is 0 Å². The molecule has 6 heteroatoms. The molecule has 5 nitrogen and oxygen atoms in total. The Hall–Kier alpha value is -0.693. The SMILES string of the molecule is C=CC(=O)NCCC[Si](O)(OC)OC. The van der Waals surface area contributed by atoms with Gasteiger partial charge in [-0.25, -0.2) is 0 Å². The van der Waals surface area contributed by atoms with E-state index in [-0.39, 0.29) is 5.91 Å². The highest BCUT2D eigenvalue weighted by atomic mass is 28.4. The summed E-state index contributed by atoms with van der Waals surface area (Å²) in [7, 11) is -0.127. The van der Waals surface area contributed by atoms with Gasteiger partial charge in [-0.1, -0.05) is 6.58 Å². The number of carbonyl (C=O) groups is 1. The van der Waals surface area contributed by atoms with E-state index in [1.54, 1.807) is 0 Å². The minimum atomic E-state index is -2.96. The summed E-state index contributed by atoms with van der Waals surface area (Å²) in [5.41, 5.74) is 0. The van der Waals surface area contributed by atoms with Crippen molar-refractivity contribution in [2.75, 3.05) is 20.8 Å². The lowest BCUT2D eigenvalue weighted by atomic mass is 10.4. The van der Waals surface area contributed by atoms with Gasteiger partial charge >= 0.3 is 8.80 Å². The molecular formula is C8H17NO4Si. The summed E-state index contributed by atoms with van der Waals surface area (Å²) in [5, 5.41) is 2.60. The Labute approximate surface area is 85.1 Å². The van der Waals surface area contributed by atoms with Gasteiger partial charge in [0.1, 0.15) is 0 Å². The maximum atomic E-state index is 10.7. The Kier molecular flexibility index (Phi) is 6.38. The average molecular weight is 219 g/mol. The molecule has 0 aliphatic heterocycles. The first kappa shape index (κ1) is 13.3. The van der Waals surface area contributed by atoms with Crippen molar-refractivity contribution in [2.24, 2.45) is 0 Å². The molecule has 14 heavy (non-hydrogen) atoms. The fourth-order valence-electron chi connectivity index (χ4n) is 0.883. The molecule has 0 bridgehead atoms. The summed E-state index contributed by atoms with van der Waals surface area (Å²) in [5.74, 6) is -0.218. The van der Waals surface area contributed by atoms with Gasteiger partial charge in [-0.2, -0.15) is 0 Å². The third-order valence-electron chi connectivity index (χ3n) is 1.79. The van der Waals surface area contributed by atoms with Crippen molar-refractivity contribution >= 4 is 14.7 Å². The molecule has 82 valence electrons. The Balaban J connectivity index is 3.62. The molecule has 0 saturated carbocycles. The first-order valence-corrected chi connectivity index (χ1v) is 6.28. The van der Waals surface area contributed by atoms with Crippen molar-refractivity contribution in [2.45, 2.75) is 12.5 Å². The maximum absolute atomic E-state index is 10.7. The second kappa shape index (κ2) is 6.72. The minimum Gasteiger partial charge on any atom is -0.390 e. The van der Waals surface area contributed by atoms with Crippen LogP contribution in [0.1, 0.15) is 6.42 Å². The van der Waals surface area contributed by atoms with Crippen LogP contribution in [0.15, 0.2) is 12.7 Å². The van der Waals surface area contributed by atoms with Crippen LogP contribution in [0.2, 0.25) is 6.04 Å². The van der Waals surface area contributed by atoms with Gasteiger partial charge in [0, 0.05) is 26.8 Å². The van der Waals surface area contributed by atoms with Gasteiger partial charge in [-0.3, -0.25) is 4.79 Å². The number of hydrogen-bond acceptors (Lipinski definition) is 4. The lowest BCUT2D eigenvalue weighted by molar-refractivity contribution is -0.116. The van der Waals surface area contributed by atoms with Crippen LogP contribution in [0, 0.1) is 0 Å². The van der Waals surface area contributed by atoms with Gasteiger partial charge in [0.25, 0.3) is 0 Å². The predicted molar refractivity (Wildman–Crippen MR) is 54.6 cm³/mol. The Bertz CT molecular complexity index is 194. The number of amides is 1. The van der Waals surface area contributed by atoms with E-state index in [2.05, 4.69) is 11.9 Å². The van der Waals surface area contributed by atoms with Crippen molar-refractivity contribution < 1.29 is 18.4 Å². The standard InChI is InChI=1S/C8H17NO4Si/c1-4-8(10)9-6-5-7-14(11,12-2)13-3/h4,11H,1,5-7H2,2-3H3,(H,9,10). The fraction of sp³-hybridized carbons (Fsp3) is 0.625. The van der Waals surface area contributed by atoms with Gasteiger partial charge in [0.2, 0.25) is 5.91 Å². The van der Waals surface area contributed by atoms with E-state index in [9.17, 15) is 9.59 Å². The summed E-state index contributed by atoms with van der Waals surface area (Å²) < 4.78 is 9.72. The number of nitrogens with one attached hydrogen (secondary N) is 1. The van der Waals surface area contributed by atoms with Gasteiger partial charge < -0.3 is 19.0 Å². The number of rotatable bonds is 7. The van der Waals surface area contributed by atoms with E-state index in [1.807, 2.05) is 0 Å². The second-order valence-corrected chi connectivity index (χ2v) is 5.46. The zero-order valence-electron chi connectivity index (χ0n) is 8.58. The third-order valence-corrected chi connectivity index (χ3v) is 4.05. The van der Waals surface area contributed by atoms with Crippen LogP contribution in [-0.4, -0.2) is 40.3 Å². The molecule has 0 aromatic carbocycles. The lowest BCUT2D eigenvalue weighted by Crippen LogP contribution is -2.40. The van der Waals surface area contributed by atoms with Crippen LogP contribution in [-0.2, 0) is 13.6 Å². The summed E-state index contributed by atoms with van der Waals surface area (Å²) in [4.78, 5) is 20.3. The normalized spacial score (nSPS) is 11.1. The maximum Gasteiger partial charge on any atom is 0.497 e.